The summed E-state index contributed by atoms with van der Waals surface area (Å²) in [6.45, 7) is 12.7. The SMILES string of the molecule is CC(C)C1(CN)CCC(C(C)(C)C)CC1. The van der Waals surface area contributed by atoms with E-state index in [0.717, 1.165) is 18.4 Å². The molecule has 0 unspecified atom stereocenters. The van der Waals surface area contributed by atoms with Gasteiger partial charge in [0.05, 0.1) is 0 Å². The fourth-order valence-corrected chi connectivity index (χ4v) is 3.08. The standard InChI is InChI=1S/C14H29N/c1-11(2)14(10-15)8-6-12(7-9-14)13(3,4)5/h11-12H,6-10,15H2,1-5H3. The van der Waals surface area contributed by atoms with E-state index in [1.54, 1.807) is 0 Å². The number of nitrogens with two attached hydrogens (primary N) is 1. The summed E-state index contributed by atoms with van der Waals surface area (Å²) in [5.74, 6) is 1.64. The van der Waals surface area contributed by atoms with Crippen molar-refractivity contribution in [2.75, 3.05) is 6.54 Å². The minimum absolute atomic E-state index is 0.446. The molecule has 1 saturated carbocycles. The average Bonchev–Trinajstić information content (AvgIpc) is 2.16. The maximum absolute atomic E-state index is 5.99. The van der Waals surface area contributed by atoms with Gasteiger partial charge in [0.25, 0.3) is 0 Å². The Morgan fingerprint density at radius 3 is 1.93 bits per heavy atom. The fraction of sp³-hybridized carbons (Fsp3) is 1.00. The van der Waals surface area contributed by atoms with Crippen molar-refractivity contribution in [2.24, 2.45) is 28.4 Å². The van der Waals surface area contributed by atoms with Crippen LogP contribution in [0.1, 0.15) is 60.3 Å². The molecule has 0 aromatic carbocycles. The predicted octanol–water partition coefficient (Wildman–Crippen LogP) is 3.82. The third-order valence-corrected chi connectivity index (χ3v) is 4.84. The van der Waals surface area contributed by atoms with Gasteiger partial charge in [0.1, 0.15) is 0 Å². The first-order valence-electron chi connectivity index (χ1n) is 6.52. The molecule has 0 atom stereocenters. The van der Waals surface area contributed by atoms with Crippen LogP contribution in [-0.2, 0) is 0 Å². The van der Waals surface area contributed by atoms with E-state index < -0.39 is 0 Å². The molecule has 0 aromatic rings. The molecule has 0 radical (unpaired) electrons. The highest BCUT2D eigenvalue weighted by Gasteiger charge is 2.39. The van der Waals surface area contributed by atoms with Gasteiger partial charge >= 0.3 is 0 Å². The molecule has 15 heavy (non-hydrogen) atoms. The minimum atomic E-state index is 0.446. The molecule has 1 aliphatic carbocycles. The maximum atomic E-state index is 5.99. The quantitative estimate of drug-likeness (QED) is 0.738. The van der Waals surface area contributed by atoms with Crippen molar-refractivity contribution in [3.05, 3.63) is 0 Å². The third-order valence-electron chi connectivity index (χ3n) is 4.84. The normalized spacial score (nSPS) is 33.4. The van der Waals surface area contributed by atoms with Crippen LogP contribution in [0.4, 0.5) is 0 Å². The minimum Gasteiger partial charge on any atom is -0.330 e. The van der Waals surface area contributed by atoms with E-state index in [1.807, 2.05) is 0 Å². The Morgan fingerprint density at radius 2 is 1.67 bits per heavy atom. The second-order valence-corrected chi connectivity index (χ2v) is 6.86. The molecule has 0 spiro atoms. The molecule has 1 fully saturated rings. The summed E-state index contributed by atoms with van der Waals surface area (Å²) in [7, 11) is 0. The van der Waals surface area contributed by atoms with Crippen LogP contribution in [0.2, 0.25) is 0 Å². The lowest BCUT2D eigenvalue weighted by Gasteiger charge is -2.46. The zero-order valence-electron chi connectivity index (χ0n) is 11.3. The molecule has 0 amide bonds. The van der Waals surface area contributed by atoms with E-state index in [2.05, 4.69) is 34.6 Å². The van der Waals surface area contributed by atoms with Crippen LogP contribution in [-0.4, -0.2) is 6.54 Å². The third kappa shape index (κ3) is 2.75. The molecule has 1 aliphatic rings. The van der Waals surface area contributed by atoms with Gasteiger partial charge in [-0.05, 0) is 54.9 Å². The number of rotatable bonds is 2. The first-order chi connectivity index (χ1) is 6.82. The van der Waals surface area contributed by atoms with Crippen LogP contribution in [0, 0.1) is 22.7 Å². The lowest BCUT2D eigenvalue weighted by atomic mass is 9.60. The van der Waals surface area contributed by atoms with E-state index in [-0.39, 0.29) is 0 Å². The van der Waals surface area contributed by atoms with Crippen LogP contribution in [0.5, 0.6) is 0 Å². The Balaban J connectivity index is 2.61. The van der Waals surface area contributed by atoms with Gasteiger partial charge in [-0.25, -0.2) is 0 Å². The summed E-state index contributed by atoms with van der Waals surface area (Å²) in [6.07, 6.45) is 5.42. The van der Waals surface area contributed by atoms with Crippen molar-refractivity contribution in [3.8, 4) is 0 Å². The topological polar surface area (TPSA) is 26.0 Å². The van der Waals surface area contributed by atoms with E-state index in [0.29, 0.717) is 10.8 Å². The van der Waals surface area contributed by atoms with Crippen molar-refractivity contribution in [2.45, 2.75) is 60.3 Å². The van der Waals surface area contributed by atoms with Crippen LogP contribution in [0.3, 0.4) is 0 Å². The second kappa shape index (κ2) is 4.45. The summed E-state index contributed by atoms with van der Waals surface area (Å²) < 4.78 is 0. The maximum Gasteiger partial charge on any atom is -0.00181 e. The van der Waals surface area contributed by atoms with Crippen molar-refractivity contribution in [3.63, 3.8) is 0 Å². The van der Waals surface area contributed by atoms with Crippen molar-refractivity contribution in [1.29, 1.82) is 0 Å². The number of hydrogen-bond acceptors (Lipinski definition) is 1. The van der Waals surface area contributed by atoms with E-state index in [4.69, 9.17) is 5.73 Å². The highest BCUT2D eigenvalue weighted by Crippen LogP contribution is 2.48. The largest absolute Gasteiger partial charge is 0.330 e. The summed E-state index contributed by atoms with van der Waals surface area (Å²) >= 11 is 0. The smallest absolute Gasteiger partial charge is 0.00181 e. The summed E-state index contributed by atoms with van der Waals surface area (Å²) in [5, 5.41) is 0. The molecule has 0 heterocycles. The lowest BCUT2D eigenvalue weighted by Crippen LogP contribution is -2.41. The van der Waals surface area contributed by atoms with Crippen molar-refractivity contribution in [1.82, 2.24) is 0 Å². The average molecular weight is 211 g/mol. The van der Waals surface area contributed by atoms with Gasteiger partial charge in [0, 0.05) is 0 Å². The molecule has 90 valence electrons. The Morgan fingerprint density at radius 1 is 1.20 bits per heavy atom. The predicted molar refractivity (Wildman–Crippen MR) is 67.7 cm³/mol. The summed E-state index contributed by atoms with van der Waals surface area (Å²) in [5.41, 5.74) is 6.92. The molecular formula is C14H29N. The van der Waals surface area contributed by atoms with Gasteiger partial charge in [-0.3, -0.25) is 0 Å². The molecule has 0 aliphatic heterocycles. The Kier molecular flexibility index (Phi) is 3.86. The molecule has 0 aromatic heterocycles. The first-order valence-corrected chi connectivity index (χ1v) is 6.52. The summed E-state index contributed by atoms with van der Waals surface area (Å²) in [6, 6.07) is 0. The van der Waals surface area contributed by atoms with Gasteiger partial charge in [-0.15, -0.1) is 0 Å². The van der Waals surface area contributed by atoms with Crippen molar-refractivity contribution < 1.29 is 0 Å². The number of hydrogen-bond donors (Lipinski definition) is 1. The Labute approximate surface area is 95.8 Å². The zero-order chi connectivity index (χ0) is 11.7. The van der Waals surface area contributed by atoms with E-state index in [9.17, 15) is 0 Å². The molecule has 2 N–H and O–H groups in total. The molecule has 1 nitrogen and oxygen atoms in total. The molecule has 0 saturated heterocycles. The van der Waals surface area contributed by atoms with Gasteiger partial charge in [-0.1, -0.05) is 34.6 Å². The van der Waals surface area contributed by atoms with E-state index >= 15 is 0 Å². The zero-order valence-corrected chi connectivity index (χ0v) is 11.3. The van der Waals surface area contributed by atoms with Crippen LogP contribution in [0.25, 0.3) is 0 Å². The van der Waals surface area contributed by atoms with E-state index in [1.165, 1.54) is 25.7 Å². The van der Waals surface area contributed by atoms with Crippen LogP contribution < -0.4 is 5.73 Å². The van der Waals surface area contributed by atoms with Crippen LogP contribution in [0.15, 0.2) is 0 Å². The monoisotopic (exact) mass is 211 g/mol. The van der Waals surface area contributed by atoms with Gasteiger partial charge < -0.3 is 5.73 Å². The molecular weight excluding hydrogens is 182 g/mol. The van der Waals surface area contributed by atoms with Gasteiger partial charge in [0.2, 0.25) is 0 Å². The molecule has 1 rings (SSSR count). The molecule has 1 heteroatoms. The van der Waals surface area contributed by atoms with Gasteiger partial charge in [0.15, 0.2) is 0 Å². The van der Waals surface area contributed by atoms with Crippen LogP contribution >= 0.6 is 0 Å². The highest BCUT2D eigenvalue weighted by molar-refractivity contribution is 4.91. The van der Waals surface area contributed by atoms with Crippen molar-refractivity contribution >= 4 is 0 Å². The first kappa shape index (κ1) is 13.0. The molecule has 0 bridgehead atoms. The summed E-state index contributed by atoms with van der Waals surface area (Å²) in [4.78, 5) is 0. The second-order valence-electron chi connectivity index (χ2n) is 6.86. The Bertz CT molecular complexity index is 192. The lowest BCUT2D eigenvalue weighted by molar-refractivity contribution is 0.0583. The highest BCUT2D eigenvalue weighted by atomic mass is 14.6. The van der Waals surface area contributed by atoms with Gasteiger partial charge in [-0.2, -0.15) is 0 Å². The Hall–Kier alpha value is -0.0400. The fourth-order valence-electron chi connectivity index (χ4n) is 3.08.